The summed E-state index contributed by atoms with van der Waals surface area (Å²) in [5.74, 6) is 1.65. The van der Waals surface area contributed by atoms with E-state index < -0.39 is 0 Å². The minimum atomic E-state index is 0.307. The van der Waals surface area contributed by atoms with Crippen molar-refractivity contribution in [1.82, 2.24) is 14.3 Å². The molecule has 136 valence electrons. The number of rotatable bonds is 5. The maximum absolute atomic E-state index is 5.50. The van der Waals surface area contributed by atoms with Crippen LogP contribution in [-0.2, 0) is 13.1 Å². The molecule has 0 aliphatic carbocycles. The van der Waals surface area contributed by atoms with Crippen molar-refractivity contribution in [2.45, 2.75) is 13.1 Å². The molecule has 0 saturated carbocycles. The molecule has 3 heterocycles. The zero-order chi connectivity index (χ0) is 18.2. The third-order valence-electron chi connectivity index (χ3n) is 4.72. The van der Waals surface area contributed by atoms with E-state index in [1.54, 1.807) is 11.3 Å². The van der Waals surface area contributed by atoms with E-state index in [4.69, 9.17) is 14.5 Å². The topological polar surface area (TPSA) is 39.0 Å². The summed E-state index contributed by atoms with van der Waals surface area (Å²) in [6.07, 6.45) is 2.10. The molecular weight excluding hydrogens is 358 g/mol. The van der Waals surface area contributed by atoms with E-state index in [-0.39, 0.29) is 0 Å². The first-order valence-corrected chi connectivity index (χ1v) is 9.73. The molecule has 6 heteroatoms. The van der Waals surface area contributed by atoms with Gasteiger partial charge in [-0.15, -0.1) is 11.3 Å². The summed E-state index contributed by atoms with van der Waals surface area (Å²) < 4.78 is 13.1. The highest BCUT2D eigenvalue weighted by Crippen LogP contribution is 2.33. The predicted molar refractivity (Wildman–Crippen MR) is 106 cm³/mol. The van der Waals surface area contributed by atoms with Crippen LogP contribution in [0.5, 0.6) is 11.5 Å². The molecule has 0 bridgehead atoms. The highest BCUT2D eigenvalue weighted by atomic mass is 32.1. The number of benzene rings is 2. The maximum Gasteiger partial charge on any atom is 0.231 e. The quantitative estimate of drug-likeness (QED) is 0.516. The number of hydrogen-bond donors (Lipinski definition) is 0. The first-order valence-electron chi connectivity index (χ1n) is 8.85. The van der Waals surface area contributed by atoms with Gasteiger partial charge < -0.3 is 9.47 Å². The van der Waals surface area contributed by atoms with Gasteiger partial charge in [-0.3, -0.25) is 9.30 Å². The van der Waals surface area contributed by atoms with Crippen molar-refractivity contribution in [3.05, 3.63) is 71.4 Å². The molecule has 2 aromatic carbocycles. The van der Waals surface area contributed by atoms with Gasteiger partial charge in [0.15, 0.2) is 16.5 Å². The maximum atomic E-state index is 5.50. The lowest BCUT2D eigenvalue weighted by Crippen LogP contribution is -2.18. The van der Waals surface area contributed by atoms with Gasteiger partial charge >= 0.3 is 0 Å². The average Bonchev–Trinajstić information content (AvgIpc) is 3.39. The molecule has 0 fully saturated rings. The zero-order valence-electron chi connectivity index (χ0n) is 15.0. The Kier molecular flexibility index (Phi) is 4.07. The van der Waals surface area contributed by atoms with Gasteiger partial charge in [0.25, 0.3) is 0 Å². The number of hydrogen-bond acceptors (Lipinski definition) is 5. The molecular formula is C21H19N3O2S. The van der Waals surface area contributed by atoms with E-state index in [0.717, 1.165) is 40.8 Å². The monoisotopic (exact) mass is 377 g/mol. The minimum absolute atomic E-state index is 0.307. The van der Waals surface area contributed by atoms with Crippen LogP contribution in [0.2, 0.25) is 0 Å². The molecule has 1 aliphatic rings. The second-order valence-electron chi connectivity index (χ2n) is 6.69. The Bertz CT molecular complexity index is 1090. The van der Waals surface area contributed by atoms with Crippen molar-refractivity contribution in [1.29, 1.82) is 0 Å². The number of fused-ring (bicyclic) bond motifs is 2. The van der Waals surface area contributed by atoms with Gasteiger partial charge in [-0.1, -0.05) is 36.4 Å². The van der Waals surface area contributed by atoms with Gasteiger partial charge in [-0.25, -0.2) is 4.98 Å². The van der Waals surface area contributed by atoms with E-state index in [1.165, 1.54) is 11.3 Å². The fraction of sp³-hybridized carbons (Fsp3) is 0.190. The molecule has 0 amide bonds. The molecule has 0 N–H and O–H groups in total. The summed E-state index contributed by atoms with van der Waals surface area (Å²) in [4.78, 5) is 8.19. The predicted octanol–water partition coefficient (Wildman–Crippen LogP) is 4.42. The molecule has 0 unspecified atom stereocenters. The van der Waals surface area contributed by atoms with Gasteiger partial charge in [0.05, 0.1) is 11.4 Å². The normalized spacial score (nSPS) is 13.0. The molecule has 5 rings (SSSR count). The van der Waals surface area contributed by atoms with Crippen LogP contribution in [0.3, 0.4) is 0 Å². The summed E-state index contributed by atoms with van der Waals surface area (Å²) in [6.45, 7) is 1.93. The number of aromatic nitrogens is 2. The van der Waals surface area contributed by atoms with Crippen LogP contribution in [0.1, 0.15) is 11.3 Å². The van der Waals surface area contributed by atoms with Crippen LogP contribution in [0.25, 0.3) is 16.2 Å². The van der Waals surface area contributed by atoms with Crippen molar-refractivity contribution in [3.8, 4) is 22.8 Å². The number of ether oxygens (including phenoxy) is 2. The van der Waals surface area contributed by atoms with Crippen molar-refractivity contribution < 1.29 is 9.47 Å². The Hall–Kier alpha value is -2.83. The molecule has 2 aromatic heterocycles. The van der Waals surface area contributed by atoms with E-state index in [1.807, 2.05) is 12.1 Å². The molecule has 0 saturated heterocycles. The fourth-order valence-corrected chi connectivity index (χ4v) is 4.21. The highest BCUT2D eigenvalue weighted by Gasteiger charge is 2.18. The molecule has 0 atom stereocenters. The fourth-order valence-electron chi connectivity index (χ4n) is 3.47. The second-order valence-corrected chi connectivity index (χ2v) is 7.56. The molecule has 5 nitrogen and oxygen atoms in total. The average molecular weight is 377 g/mol. The van der Waals surface area contributed by atoms with Crippen molar-refractivity contribution in [2.75, 3.05) is 13.8 Å². The number of thiazole rings is 1. The smallest absolute Gasteiger partial charge is 0.231 e. The molecule has 4 aromatic rings. The van der Waals surface area contributed by atoms with Crippen LogP contribution in [0, 0.1) is 0 Å². The SMILES string of the molecule is CN(Cc1ccc2c(c1)OCO2)Cc1c(-c2ccccc2)nc2sccn12. The summed E-state index contributed by atoms with van der Waals surface area (Å²) >= 11 is 1.66. The van der Waals surface area contributed by atoms with Gasteiger partial charge in [0, 0.05) is 30.2 Å². The Balaban J connectivity index is 1.43. The number of nitrogens with zero attached hydrogens (tertiary/aromatic N) is 3. The third-order valence-corrected chi connectivity index (χ3v) is 5.47. The van der Waals surface area contributed by atoms with E-state index >= 15 is 0 Å². The summed E-state index contributed by atoms with van der Waals surface area (Å²) in [6, 6.07) is 16.5. The summed E-state index contributed by atoms with van der Waals surface area (Å²) in [7, 11) is 2.13. The van der Waals surface area contributed by atoms with Crippen LogP contribution < -0.4 is 9.47 Å². The number of imidazole rings is 1. The molecule has 0 radical (unpaired) electrons. The Morgan fingerprint density at radius 2 is 1.93 bits per heavy atom. The van der Waals surface area contributed by atoms with Crippen molar-refractivity contribution >= 4 is 16.3 Å². The van der Waals surface area contributed by atoms with Crippen LogP contribution >= 0.6 is 11.3 Å². The van der Waals surface area contributed by atoms with Crippen LogP contribution in [0.4, 0.5) is 0 Å². The van der Waals surface area contributed by atoms with E-state index in [9.17, 15) is 0 Å². The van der Waals surface area contributed by atoms with Gasteiger partial charge in [-0.2, -0.15) is 0 Å². The second kappa shape index (κ2) is 6.72. The van der Waals surface area contributed by atoms with E-state index in [0.29, 0.717) is 6.79 Å². The van der Waals surface area contributed by atoms with Gasteiger partial charge in [0.2, 0.25) is 6.79 Å². The largest absolute Gasteiger partial charge is 0.454 e. The van der Waals surface area contributed by atoms with Crippen LogP contribution in [-0.4, -0.2) is 28.1 Å². The van der Waals surface area contributed by atoms with Gasteiger partial charge in [0.1, 0.15) is 0 Å². The molecule has 0 spiro atoms. The Labute approximate surface area is 161 Å². The highest BCUT2D eigenvalue weighted by molar-refractivity contribution is 7.15. The van der Waals surface area contributed by atoms with Crippen LogP contribution in [0.15, 0.2) is 60.1 Å². The minimum Gasteiger partial charge on any atom is -0.454 e. The standard InChI is InChI=1S/C21H19N3O2S/c1-23(12-15-7-8-18-19(11-15)26-14-25-18)13-17-20(16-5-3-2-4-6-16)22-21-24(17)9-10-27-21/h2-11H,12-14H2,1H3. The van der Waals surface area contributed by atoms with E-state index in [2.05, 4.69) is 64.3 Å². The van der Waals surface area contributed by atoms with Crippen molar-refractivity contribution in [3.63, 3.8) is 0 Å². The lowest BCUT2D eigenvalue weighted by molar-refractivity contribution is 0.174. The summed E-state index contributed by atoms with van der Waals surface area (Å²) in [5.41, 5.74) is 4.62. The third kappa shape index (κ3) is 3.07. The molecule has 27 heavy (non-hydrogen) atoms. The first-order chi connectivity index (χ1) is 13.3. The lowest BCUT2D eigenvalue weighted by Gasteiger charge is -2.17. The first kappa shape index (κ1) is 16.4. The van der Waals surface area contributed by atoms with Crippen molar-refractivity contribution in [2.24, 2.45) is 0 Å². The zero-order valence-corrected chi connectivity index (χ0v) is 15.8. The lowest BCUT2D eigenvalue weighted by atomic mass is 10.1. The summed E-state index contributed by atoms with van der Waals surface area (Å²) in [5, 5.41) is 2.08. The Morgan fingerprint density at radius 1 is 1.07 bits per heavy atom. The van der Waals surface area contributed by atoms with Gasteiger partial charge in [-0.05, 0) is 24.7 Å². The molecule has 1 aliphatic heterocycles. The Morgan fingerprint density at radius 3 is 2.81 bits per heavy atom.